The van der Waals surface area contributed by atoms with E-state index in [1.165, 1.54) is 26.3 Å². The Labute approximate surface area is 217 Å². The van der Waals surface area contributed by atoms with Crippen LogP contribution in [0.25, 0.3) is 0 Å². The number of hydrazone groups is 1. The van der Waals surface area contributed by atoms with Gasteiger partial charge in [-0.05, 0) is 42.0 Å². The van der Waals surface area contributed by atoms with Crippen molar-refractivity contribution in [3.63, 3.8) is 0 Å². The Kier molecular flexibility index (Phi) is 9.00. The number of hydrogen-bond donors (Lipinski definition) is 3. The quantitative estimate of drug-likeness (QED) is 0.289. The second-order valence-electron chi connectivity index (χ2n) is 9.40. The van der Waals surface area contributed by atoms with E-state index in [4.69, 9.17) is 4.74 Å². The number of carbonyl (C=O) groups is 2. The molecule has 0 fully saturated rings. The van der Waals surface area contributed by atoms with Gasteiger partial charge in [0.25, 0.3) is 11.8 Å². The maximum Gasteiger partial charge on any atom is 0.274 e. The molecule has 37 heavy (non-hydrogen) atoms. The summed E-state index contributed by atoms with van der Waals surface area (Å²) < 4.78 is 5.02. The molecule has 3 aromatic rings. The Morgan fingerprint density at radius 1 is 0.919 bits per heavy atom. The van der Waals surface area contributed by atoms with Gasteiger partial charge in [0.1, 0.15) is 6.04 Å². The van der Waals surface area contributed by atoms with Crippen LogP contribution >= 0.6 is 0 Å². The smallest absolute Gasteiger partial charge is 0.274 e. The molecule has 1 heterocycles. The van der Waals surface area contributed by atoms with Crippen molar-refractivity contribution in [1.29, 1.82) is 0 Å². The van der Waals surface area contributed by atoms with Crippen LogP contribution in [-0.4, -0.2) is 40.8 Å². The number of nitrogens with one attached hydrogen (secondary N) is 2. The second kappa shape index (κ2) is 12.2. The lowest BCUT2D eigenvalue weighted by molar-refractivity contribution is -0.122. The highest BCUT2D eigenvalue weighted by atomic mass is 16.5. The second-order valence-corrected chi connectivity index (χ2v) is 9.40. The van der Waals surface area contributed by atoms with Gasteiger partial charge in [0.15, 0.2) is 17.2 Å². The summed E-state index contributed by atoms with van der Waals surface area (Å²) in [7, 11) is 1.37. The van der Waals surface area contributed by atoms with Crippen molar-refractivity contribution in [2.24, 2.45) is 5.10 Å². The third-order valence-electron chi connectivity index (χ3n) is 5.99. The van der Waals surface area contributed by atoms with Gasteiger partial charge in [-0.3, -0.25) is 9.59 Å². The molecule has 8 nitrogen and oxygen atoms in total. The lowest BCUT2D eigenvalue weighted by Gasteiger charge is -2.15. The van der Waals surface area contributed by atoms with E-state index in [9.17, 15) is 14.7 Å². The Balaban J connectivity index is 1.87. The molecule has 3 N–H and O–H groups in total. The number of rotatable bonds is 9. The van der Waals surface area contributed by atoms with Crippen molar-refractivity contribution >= 4 is 17.5 Å². The van der Waals surface area contributed by atoms with Crippen molar-refractivity contribution in [3.8, 4) is 11.5 Å². The largest absolute Gasteiger partial charge is 0.503 e. The Bertz CT molecular complexity index is 1250. The first kappa shape index (κ1) is 27.4. The van der Waals surface area contributed by atoms with Gasteiger partial charge >= 0.3 is 0 Å². The molecule has 1 atom stereocenters. The number of ether oxygens (including phenoxy) is 1. The van der Waals surface area contributed by atoms with Gasteiger partial charge in [0, 0.05) is 23.4 Å². The molecule has 194 valence electrons. The topological polar surface area (TPSA) is 113 Å². The van der Waals surface area contributed by atoms with Crippen molar-refractivity contribution in [1.82, 2.24) is 15.7 Å². The van der Waals surface area contributed by atoms with E-state index >= 15 is 0 Å². The van der Waals surface area contributed by atoms with Crippen LogP contribution in [0.1, 0.15) is 79.2 Å². The minimum Gasteiger partial charge on any atom is -0.503 e. The van der Waals surface area contributed by atoms with E-state index < -0.39 is 23.6 Å². The molecule has 1 aromatic heterocycles. The first-order chi connectivity index (χ1) is 17.6. The number of nitrogens with zero attached hydrogens (tertiary/aromatic N) is 2. The predicted molar refractivity (Wildman–Crippen MR) is 144 cm³/mol. The number of methoxy groups -OCH3 is 1. The summed E-state index contributed by atoms with van der Waals surface area (Å²) in [5.41, 5.74) is 7.03. The average molecular weight is 503 g/mol. The first-order valence-electron chi connectivity index (χ1n) is 12.2. The van der Waals surface area contributed by atoms with E-state index in [2.05, 4.69) is 72.8 Å². The molecular formula is C29H34N4O4. The van der Waals surface area contributed by atoms with Crippen LogP contribution in [-0.2, 0) is 4.79 Å². The molecule has 8 heteroatoms. The van der Waals surface area contributed by atoms with Crippen LogP contribution in [0.3, 0.4) is 0 Å². The normalized spacial score (nSPS) is 11.7. The average Bonchev–Trinajstić information content (AvgIpc) is 2.89. The highest BCUT2D eigenvalue weighted by Gasteiger charge is 2.22. The maximum absolute atomic E-state index is 12.9. The maximum atomic E-state index is 12.9. The van der Waals surface area contributed by atoms with Crippen molar-refractivity contribution in [2.75, 3.05) is 7.11 Å². The highest BCUT2D eigenvalue weighted by molar-refractivity contribution is 6.13. The van der Waals surface area contributed by atoms with Crippen molar-refractivity contribution in [2.45, 2.75) is 52.5 Å². The van der Waals surface area contributed by atoms with Crippen LogP contribution in [0.2, 0.25) is 0 Å². The lowest BCUT2D eigenvalue weighted by atomic mass is 9.94. The summed E-state index contributed by atoms with van der Waals surface area (Å²) in [6.45, 7) is 10.0. The number of carbonyl (C=O) groups excluding carboxylic acids is 2. The molecule has 0 spiro atoms. The number of benzene rings is 2. The molecule has 0 saturated carbocycles. The Morgan fingerprint density at radius 2 is 1.49 bits per heavy atom. The summed E-state index contributed by atoms with van der Waals surface area (Å²) in [6.07, 6.45) is 1.34. The van der Waals surface area contributed by atoms with Gasteiger partial charge in [-0.2, -0.15) is 5.10 Å². The molecule has 2 amide bonds. The molecule has 0 saturated heterocycles. The minimum absolute atomic E-state index is 0.110. The van der Waals surface area contributed by atoms with Gasteiger partial charge < -0.3 is 15.2 Å². The molecule has 0 aliphatic heterocycles. The standard InChI is InChI=1S/C29H34N4O4/c1-17(2)20-9-7-11-22(15-20)25(23-12-8-10-21(16-23)18(3)4)32-33-28(35)19(5)31-29(36)26-27(34)24(37-6)13-14-30-26/h7-19,34H,1-6H3,(H,31,36)(H,33,35)/t19-/m0/s1. The molecular weight excluding hydrogens is 468 g/mol. The zero-order valence-corrected chi connectivity index (χ0v) is 22.1. The number of hydrogen-bond acceptors (Lipinski definition) is 6. The number of pyridine rings is 1. The van der Waals surface area contributed by atoms with Crippen LogP contribution < -0.4 is 15.5 Å². The number of amides is 2. The lowest BCUT2D eigenvalue weighted by Crippen LogP contribution is -2.43. The Morgan fingerprint density at radius 3 is 2.00 bits per heavy atom. The molecule has 3 rings (SSSR count). The van der Waals surface area contributed by atoms with Gasteiger partial charge in [-0.1, -0.05) is 64.1 Å². The fourth-order valence-corrected chi connectivity index (χ4v) is 3.69. The van der Waals surface area contributed by atoms with Crippen LogP contribution in [0.15, 0.2) is 65.9 Å². The number of aromatic nitrogens is 1. The highest BCUT2D eigenvalue weighted by Crippen LogP contribution is 2.27. The fraction of sp³-hybridized carbons (Fsp3) is 0.310. The Hall–Kier alpha value is -4.20. The molecule has 0 bridgehead atoms. The van der Waals surface area contributed by atoms with Gasteiger partial charge in [0.05, 0.1) is 12.8 Å². The van der Waals surface area contributed by atoms with Crippen molar-refractivity contribution in [3.05, 3.63) is 88.7 Å². The molecule has 0 aliphatic carbocycles. The molecule has 0 unspecified atom stereocenters. The molecule has 2 aromatic carbocycles. The fourth-order valence-electron chi connectivity index (χ4n) is 3.69. The van der Waals surface area contributed by atoms with Crippen molar-refractivity contribution < 1.29 is 19.4 Å². The molecule has 0 radical (unpaired) electrons. The zero-order valence-electron chi connectivity index (χ0n) is 22.1. The third-order valence-corrected chi connectivity index (χ3v) is 5.99. The van der Waals surface area contributed by atoms with Gasteiger partial charge in [-0.25, -0.2) is 10.4 Å². The predicted octanol–water partition coefficient (Wildman–Crippen LogP) is 4.73. The summed E-state index contributed by atoms with van der Waals surface area (Å²) in [6, 6.07) is 16.6. The van der Waals surface area contributed by atoms with Gasteiger partial charge in [-0.15, -0.1) is 0 Å². The third kappa shape index (κ3) is 6.73. The first-order valence-corrected chi connectivity index (χ1v) is 12.2. The van der Waals surface area contributed by atoms with E-state index in [1.54, 1.807) is 0 Å². The summed E-state index contributed by atoms with van der Waals surface area (Å²) >= 11 is 0. The minimum atomic E-state index is -0.950. The monoisotopic (exact) mass is 502 g/mol. The zero-order chi connectivity index (χ0) is 27.1. The summed E-state index contributed by atoms with van der Waals surface area (Å²) in [4.78, 5) is 29.4. The molecule has 0 aliphatic rings. The van der Waals surface area contributed by atoms with E-state index in [1.807, 2.05) is 24.3 Å². The van der Waals surface area contributed by atoms with Gasteiger partial charge in [0.2, 0.25) is 0 Å². The van der Waals surface area contributed by atoms with E-state index in [0.29, 0.717) is 17.5 Å². The van der Waals surface area contributed by atoms with Crippen LogP contribution in [0, 0.1) is 0 Å². The number of aromatic hydroxyl groups is 1. The SMILES string of the molecule is COc1ccnc(C(=O)N[C@@H](C)C(=O)NN=C(c2cccc(C(C)C)c2)c2cccc(C(C)C)c2)c1O. The van der Waals surface area contributed by atoms with Crippen LogP contribution in [0.4, 0.5) is 0 Å². The van der Waals surface area contributed by atoms with Crippen LogP contribution in [0.5, 0.6) is 11.5 Å². The van der Waals surface area contributed by atoms with E-state index in [0.717, 1.165) is 22.3 Å². The summed E-state index contributed by atoms with van der Waals surface area (Å²) in [5.74, 6) is -0.862. The summed E-state index contributed by atoms with van der Waals surface area (Å²) in [5, 5.41) is 17.2. The van der Waals surface area contributed by atoms with E-state index in [-0.39, 0.29) is 11.4 Å².